The van der Waals surface area contributed by atoms with Gasteiger partial charge in [-0.2, -0.15) is 11.8 Å². The Labute approximate surface area is 255 Å². The summed E-state index contributed by atoms with van der Waals surface area (Å²) in [7, 11) is 0. The average Bonchev–Trinajstić information content (AvgIpc) is 3.03. The van der Waals surface area contributed by atoms with Gasteiger partial charge in [0, 0.05) is 5.75 Å². The normalized spacial score (nSPS) is 12.4. The van der Waals surface area contributed by atoms with Gasteiger partial charge in [0.15, 0.2) is 0 Å². The molecule has 0 radical (unpaired) electrons. The Balaban J connectivity index is 1.36. The number of unbranched alkanes of at least 4 members (excludes halogenated alkanes) is 13. The molecule has 3 rings (SSSR count). The molecule has 3 aromatic carbocycles. The summed E-state index contributed by atoms with van der Waals surface area (Å²) in [5.41, 5.74) is 2.43. The first kappa shape index (κ1) is 33.4. The third kappa shape index (κ3) is 12.0. The fraction of sp³-hybridized carbons (Fsp3) is 0.526. The zero-order valence-corrected chi connectivity index (χ0v) is 26.3. The molecule has 41 heavy (non-hydrogen) atoms. The van der Waals surface area contributed by atoms with Crippen molar-refractivity contribution >= 4 is 11.8 Å². The van der Waals surface area contributed by atoms with E-state index in [4.69, 9.17) is 4.74 Å². The average molecular weight is 575 g/mol. The van der Waals surface area contributed by atoms with Crippen molar-refractivity contribution in [3.8, 4) is 0 Å². The Hall–Kier alpha value is -2.07. The lowest BCUT2D eigenvalue weighted by Crippen LogP contribution is -2.36. The molecule has 0 spiro atoms. The first-order valence-corrected chi connectivity index (χ1v) is 17.5. The molecule has 0 aliphatic carbocycles. The molecule has 2 nitrogen and oxygen atoms in total. The van der Waals surface area contributed by atoms with Crippen LogP contribution in [0.4, 0.5) is 0 Å². The van der Waals surface area contributed by atoms with Crippen molar-refractivity contribution in [2.75, 3.05) is 18.1 Å². The van der Waals surface area contributed by atoms with Crippen LogP contribution in [0.25, 0.3) is 0 Å². The molecule has 224 valence electrons. The second-order valence-electron chi connectivity index (χ2n) is 11.4. The molecule has 1 unspecified atom stereocenters. The molecule has 0 heterocycles. The largest absolute Gasteiger partial charge is 0.390 e. The van der Waals surface area contributed by atoms with Gasteiger partial charge in [-0.15, -0.1) is 0 Å². The summed E-state index contributed by atoms with van der Waals surface area (Å²) in [5, 5.41) is 10.9. The van der Waals surface area contributed by atoms with Crippen LogP contribution in [-0.2, 0) is 10.3 Å². The van der Waals surface area contributed by atoms with Gasteiger partial charge in [0.05, 0.1) is 12.7 Å². The fourth-order valence-electron chi connectivity index (χ4n) is 5.66. The van der Waals surface area contributed by atoms with Gasteiger partial charge in [0.25, 0.3) is 0 Å². The van der Waals surface area contributed by atoms with Gasteiger partial charge in [0.1, 0.15) is 5.60 Å². The molecule has 0 aromatic heterocycles. The van der Waals surface area contributed by atoms with Crippen LogP contribution >= 0.6 is 11.8 Å². The van der Waals surface area contributed by atoms with Crippen LogP contribution in [0, 0.1) is 0 Å². The summed E-state index contributed by atoms with van der Waals surface area (Å²) in [4.78, 5) is 0. The van der Waals surface area contributed by atoms with Gasteiger partial charge in [-0.25, -0.2) is 0 Å². The minimum Gasteiger partial charge on any atom is -0.390 e. The zero-order chi connectivity index (χ0) is 28.9. The number of aliphatic hydroxyl groups excluding tert-OH is 1. The smallest absolute Gasteiger partial charge is 0.143 e. The SMILES string of the molecule is CCCCCCCCCCCCCCCCSCC(O)COC(c1ccccc1)(c1ccccc1)c1ccccc1. The van der Waals surface area contributed by atoms with Gasteiger partial charge in [-0.05, 0) is 28.9 Å². The molecule has 0 fully saturated rings. The van der Waals surface area contributed by atoms with Gasteiger partial charge in [0.2, 0.25) is 0 Å². The number of hydrogen-bond acceptors (Lipinski definition) is 3. The van der Waals surface area contributed by atoms with Crippen LogP contribution in [0.1, 0.15) is 114 Å². The van der Waals surface area contributed by atoms with E-state index < -0.39 is 11.7 Å². The predicted octanol–water partition coefficient (Wildman–Crippen LogP) is 10.6. The fourth-order valence-corrected chi connectivity index (χ4v) is 6.60. The topological polar surface area (TPSA) is 29.5 Å². The maximum Gasteiger partial charge on any atom is 0.143 e. The molecule has 0 saturated carbocycles. The van der Waals surface area contributed by atoms with Crippen molar-refractivity contribution in [1.82, 2.24) is 0 Å². The molecular weight excluding hydrogens is 520 g/mol. The molecule has 3 heteroatoms. The highest BCUT2D eigenvalue weighted by atomic mass is 32.2. The van der Waals surface area contributed by atoms with Crippen molar-refractivity contribution < 1.29 is 9.84 Å². The lowest BCUT2D eigenvalue weighted by Gasteiger charge is -2.36. The summed E-state index contributed by atoms with van der Waals surface area (Å²) in [6.07, 6.45) is 18.9. The number of thioether (sulfide) groups is 1. The zero-order valence-electron chi connectivity index (χ0n) is 25.5. The Morgan fingerprint density at radius 1 is 0.561 bits per heavy atom. The van der Waals surface area contributed by atoms with Crippen molar-refractivity contribution in [3.63, 3.8) is 0 Å². The first-order valence-electron chi connectivity index (χ1n) is 16.3. The molecule has 3 aromatic rings. The van der Waals surface area contributed by atoms with E-state index in [1.165, 1.54) is 89.9 Å². The standard InChI is InChI=1S/C38H54O2S/c1-2-3-4-5-6-7-8-9-10-11-12-13-14-24-31-41-33-37(39)32-40-38(34-25-18-15-19-26-34,35-27-20-16-21-28-35)36-29-22-17-23-30-36/h15-23,25-30,37,39H,2-14,24,31-33H2,1H3. The van der Waals surface area contributed by atoms with Gasteiger partial charge >= 0.3 is 0 Å². The van der Waals surface area contributed by atoms with E-state index >= 15 is 0 Å². The highest BCUT2D eigenvalue weighted by Crippen LogP contribution is 2.40. The van der Waals surface area contributed by atoms with Gasteiger partial charge in [-0.3, -0.25) is 0 Å². The molecule has 0 bridgehead atoms. The minimum absolute atomic E-state index is 0.282. The number of rotatable bonds is 23. The highest BCUT2D eigenvalue weighted by molar-refractivity contribution is 7.99. The molecule has 0 aliphatic heterocycles. The van der Waals surface area contributed by atoms with E-state index in [-0.39, 0.29) is 6.61 Å². The van der Waals surface area contributed by atoms with E-state index in [0.717, 1.165) is 22.4 Å². The van der Waals surface area contributed by atoms with Crippen LogP contribution in [0.15, 0.2) is 91.0 Å². The summed E-state index contributed by atoms with van der Waals surface area (Å²) >= 11 is 1.85. The van der Waals surface area contributed by atoms with Gasteiger partial charge < -0.3 is 9.84 Å². The van der Waals surface area contributed by atoms with Crippen molar-refractivity contribution in [2.45, 2.75) is 109 Å². The Bertz CT molecular complexity index is 912. The summed E-state index contributed by atoms with van der Waals surface area (Å²) in [6.45, 7) is 2.57. The summed E-state index contributed by atoms with van der Waals surface area (Å²) in [5.74, 6) is 1.81. The number of ether oxygens (including phenoxy) is 1. The third-order valence-electron chi connectivity index (χ3n) is 7.99. The van der Waals surface area contributed by atoms with E-state index in [9.17, 15) is 5.11 Å². The Morgan fingerprint density at radius 3 is 1.32 bits per heavy atom. The van der Waals surface area contributed by atoms with E-state index in [0.29, 0.717) is 5.75 Å². The quantitative estimate of drug-likeness (QED) is 0.0902. The third-order valence-corrected chi connectivity index (χ3v) is 9.18. The van der Waals surface area contributed by atoms with E-state index in [1.807, 2.05) is 30.0 Å². The molecule has 1 atom stereocenters. The van der Waals surface area contributed by atoms with Crippen molar-refractivity contribution in [1.29, 1.82) is 0 Å². The molecule has 0 amide bonds. The van der Waals surface area contributed by atoms with Gasteiger partial charge in [-0.1, -0.05) is 181 Å². The lowest BCUT2D eigenvalue weighted by atomic mass is 9.80. The second-order valence-corrected chi connectivity index (χ2v) is 12.6. The molecule has 0 saturated heterocycles. The Kier molecular flexibility index (Phi) is 16.9. The molecular formula is C38H54O2S. The predicted molar refractivity (Wildman–Crippen MR) is 179 cm³/mol. The van der Waals surface area contributed by atoms with E-state index in [2.05, 4.69) is 79.7 Å². The van der Waals surface area contributed by atoms with Crippen molar-refractivity contribution in [2.24, 2.45) is 0 Å². The monoisotopic (exact) mass is 574 g/mol. The van der Waals surface area contributed by atoms with Crippen LogP contribution in [-0.4, -0.2) is 29.3 Å². The first-order chi connectivity index (χ1) is 20.3. The highest BCUT2D eigenvalue weighted by Gasteiger charge is 2.37. The lowest BCUT2D eigenvalue weighted by molar-refractivity contribution is -0.0311. The van der Waals surface area contributed by atoms with Crippen LogP contribution in [0.2, 0.25) is 0 Å². The van der Waals surface area contributed by atoms with Crippen LogP contribution in [0.5, 0.6) is 0 Å². The number of benzene rings is 3. The Morgan fingerprint density at radius 2 is 0.927 bits per heavy atom. The molecule has 0 aliphatic rings. The number of hydrogen-bond donors (Lipinski definition) is 1. The second kappa shape index (κ2) is 20.8. The number of aliphatic hydroxyl groups is 1. The van der Waals surface area contributed by atoms with Crippen LogP contribution in [0.3, 0.4) is 0 Å². The minimum atomic E-state index is -0.774. The molecule has 1 N–H and O–H groups in total. The summed E-state index contributed by atoms with van der Waals surface area (Å²) < 4.78 is 6.77. The maximum absolute atomic E-state index is 10.9. The van der Waals surface area contributed by atoms with Crippen LogP contribution < -0.4 is 0 Å². The maximum atomic E-state index is 10.9. The summed E-state index contributed by atoms with van der Waals surface area (Å²) in [6, 6.07) is 31.2. The van der Waals surface area contributed by atoms with Crippen molar-refractivity contribution in [3.05, 3.63) is 108 Å². The van der Waals surface area contributed by atoms with E-state index in [1.54, 1.807) is 0 Å².